The van der Waals surface area contributed by atoms with E-state index in [2.05, 4.69) is 5.32 Å². The van der Waals surface area contributed by atoms with Gasteiger partial charge in [-0.05, 0) is 36.2 Å². The second-order valence-corrected chi connectivity index (χ2v) is 4.82. The average molecular weight is 295 g/mol. The fraction of sp³-hybridized carbons (Fsp3) is 0.143. The van der Waals surface area contributed by atoms with Crippen molar-refractivity contribution < 1.29 is 9.31 Å². The zero-order valence-electron chi connectivity index (χ0n) is 10.7. The molecule has 0 spiro atoms. The Morgan fingerprint density at radius 1 is 1.30 bits per heavy atom. The molecule has 0 radical (unpaired) electrons. The number of nitro benzene ring substituents is 1. The third kappa shape index (κ3) is 3.45. The number of aryl methyl sites for hydroxylation is 1. The molecule has 6 heteroatoms. The molecule has 4 nitrogen and oxygen atoms in total. The summed E-state index contributed by atoms with van der Waals surface area (Å²) in [6.07, 6.45) is 0. The molecule has 0 saturated heterocycles. The fourth-order valence-corrected chi connectivity index (χ4v) is 2.03. The highest BCUT2D eigenvalue weighted by molar-refractivity contribution is 6.30. The molecular formula is C14H12ClFN2O2. The van der Waals surface area contributed by atoms with Crippen molar-refractivity contribution in [3.8, 4) is 0 Å². The van der Waals surface area contributed by atoms with Crippen LogP contribution in [-0.4, -0.2) is 4.92 Å². The number of hydrogen-bond donors (Lipinski definition) is 1. The molecule has 0 aromatic heterocycles. The van der Waals surface area contributed by atoms with Crippen LogP contribution >= 0.6 is 11.6 Å². The van der Waals surface area contributed by atoms with E-state index < -0.39 is 10.7 Å². The normalized spacial score (nSPS) is 10.3. The number of anilines is 1. The van der Waals surface area contributed by atoms with Gasteiger partial charge in [0.2, 0.25) is 0 Å². The largest absolute Gasteiger partial charge is 0.381 e. The molecule has 0 saturated carbocycles. The van der Waals surface area contributed by atoms with E-state index >= 15 is 0 Å². The fourth-order valence-electron chi connectivity index (χ4n) is 1.82. The van der Waals surface area contributed by atoms with Gasteiger partial charge in [0.15, 0.2) is 0 Å². The summed E-state index contributed by atoms with van der Waals surface area (Å²) in [5.41, 5.74) is 2.25. The Kier molecular flexibility index (Phi) is 4.20. The topological polar surface area (TPSA) is 55.2 Å². The zero-order valence-corrected chi connectivity index (χ0v) is 11.4. The Bertz CT molecular complexity index is 662. The molecule has 0 fully saturated rings. The third-order valence-corrected chi connectivity index (χ3v) is 3.04. The third-order valence-electron chi connectivity index (χ3n) is 2.75. The molecule has 1 N–H and O–H groups in total. The first-order valence-corrected chi connectivity index (χ1v) is 6.27. The molecule has 0 bridgehead atoms. The zero-order chi connectivity index (χ0) is 14.7. The van der Waals surface area contributed by atoms with Crippen molar-refractivity contribution in [3.05, 3.63) is 68.5 Å². The van der Waals surface area contributed by atoms with Gasteiger partial charge in [-0.2, -0.15) is 0 Å². The number of rotatable bonds is 4. The van der Waals surface area contributed by atoms with E-state index in [-0.39, 0.29) is 10.7 Å². The van der Waals surface area contributed by atoms with E-state index in [0.717, 1.165) is 11.1 Å². The van der Waals surface area contributed by atoms with Crippen LogP contribution in [-0.2, 0) is 6.54 Å². The molecule has 0 amide bonds. The summed E-state index contributed by atoms with van der Waals surface area (Å²) in [5, 5.41) is 13.9. The van der Waals surface area contributed by atoms with Crippen molar-refractivity contribution >= 4 is 23.0 Å². The van der Waals surface area contributed by atoms with Gasteiger partial charge in [0.05, 0.1) is 9.95 Å². The molecule has 104 valence electrons. The first kappa shape index (κ1) is 14.3. The molecule has 0 aliphatic rings. The Balaban J connectivity index is 2.14. The summed E-state index contributed by atoms with van der Waals surface area (Å²) in [7, 11) is 0. The standard InChI is InChI=1S/C14H12ClFN2O2/c1-9-4-11(7-12(5-9)18(19)20)17-8-10-2-3-14(16)13(15)6-10/h2-7,17H,8H2,1H3. The minimum Gasteiger partial charge on any atom is -0.381 e. The SMILES string of the molecule is Cc1cc(NCc2ccc(F)c(Cl)c2)cc([N+](=O)[O-])c1. The Morgan fingerprint density at radius 2 is 2.05 bits per heavy atom. The molecule has 2 aromatic carbocycles. The highest BCUT2D eigenvalue weighted by Crippen LogP contribution is 2.22. The van der Waals surface area contributed by atoms with Crippen LogP contribution in [0, 0.1) is 22.9 Å². The Hall–Kier alpha value is -2.14. The maximum atomic E-state index is 13.0. The lowest BCUT2D eigenvalue weighted by Crippen LogP contribution is -2.01. The van der Waals surface area contributed by atoms with Crippen molar-refractivity contribution in [2.75, 3.05) is 5.32 Å². The number of non-ortho nitro benzene ring substituents is 1. The molecule has 2 aromatic rings. The maximum Gasteiger partial charge on any atom is 0.271 e. The lowest BCUT2D eigenvalue weighted by atomic mass is 10.1. The first-order chi connectivity index (χ1) is 9.45. The van der Waals surface area contributed by atoms with E-state index in [4.69, 9.17) is 11.6 Å². The highest BCUT2D eigenvalue weighted by Gasteiger charge is 2.08. The monoisotopic (exact) mass is 294 g/mol. The van der Waals surface area contributed by atoms with Gasteiger partial charge in [-0.15, -0.1) is 0 Å². The van der Waals surface area contributed by atoms with Crippen molar-refractivity contribution in [2.24, 2.45) is 0 Å². The maximum absolute atomic E-state index is 13.0. The number of benzene rings is 2. The van der Waals surface area contributed by atoms with Crippen molar-refractivity contribution in [2.45, 2.75) is 13.5 Å². The van der Waals surface area contributed by atoms with E-state index in [9.17, 15) is 14.5 Å². The smallest absolute Gasteiger partial charge is 0.271 e. The summed E-state index contributed by atoms with van der Waals surface area (Å²) in [5.74, 6) is -0.471. The van der Waals surface area contributed by atoms with E-state index in [1.54, 1.807) is 19.1 Å². The molecule has 2 rings (SSSR count). The Morgan fingerprint density at radius 3 is 2.70 bits per heavy atom. The van der Waals surface area contributed by atoms with Crippen molar-refractivity contribution in [1.82, 2.24) is 0 Å². The number of halogens is 2. The summed E-state index contributed by atoms with van der Waals surface area (Å²) < 4.78 is 13.0. The van der Waals surface area contributed by atoms with Gasteiger partial charge in [-0.25, -0.2) is 4.39 Å². The number of nitrogens with one attached hydrogen (secondary N) is 1. The van der Waals surface area contributed by atoms with Crippen LogP contribution < -0.4 is 5.32 Å². The van der Waals surface area contributed by atoms with Crippen LogP contribution in [0.15, 0.2) is 36.4 Å². The van der Waals surface area contributed by atoms with E-state index in [1.165, 1.54) is 24.3 Å². The van der Waals surface area contributed by atoms with E-state index in [1.807, 2.05) is 0 Å². The average Bonchev–Trinajstić information content (AvgIpc) is 2.39. The van der Waals surface area contributed by atoms with E-state index in [0.29, 0.717) is 12.2 Å². The second kappa shape index (κ2) is 5.88. The molecule has 0 heterocycles. The second-order valence-electron chi connectivity index (χ2n) is 4.42. The number of hydrogen-bond acceptors (Lipinski definition) is 3. The molecule has 20 heavy (non-hydrogen) atoms. The predicted molar refractivity (Wildman–Crippen MR) is 76.6 cm³/mol. The number of nitro groups is 1. The molecule has 0 aliphatic carbocycles. The van der Waals surface area contributed by atoms with Gasteiger partial charge < -0.3 is 5.32 Å². The summed E-state index contributed by atoms with van der Waals surface area (Å²) in [6.45, 7) is 2.19. The van der Waals surface area contributed by atoms with Crippen molar-refractivity contribution in [1.29, 1.82) is 0 Å². The van der Waals surface area contributed by atoms with Gasteiger partial charge in [-0.3, -0.25) is 10.1 Å². The van der Waals surface area contributed by atoms with Crippen LogP contribution in [0.25, 0.3) is 0 Å². The number of nitrogens with zero attached hydrogens (tertiary/aromatic N) is 1. The van der Waals surface area contributed by atoms with Gasteiger partial charge in [0, 0.05) is 24.4 Å². The van der Waals surface area contributed by atoms with Gasteiger partial charge >= 0.3 is 0 Å². The van der Waals surface area contributed by atoms with Gasteiger partial charge in [-0.1, -0.05) is 17.7 Å². The van der Waals surface area contributed by atoms with Gasteiger partial charge in [0.25, 0.3) is 5.69 Å². The quantitative estimate of drug-likeness (QED) is 0.675. The summed E-state index contributed by atoms with van der Waals surface area (Å²) in [4.78, 5) is 10.3. The van der Waals surface area contributed by atoms with Crippen LogP contribution in [0.5, 0.6) is 0 Å². The van der Waals surface area contributed by atoms with Crippen LogP contribution in [0.1, 0.15) is 11.1 Å². The minimum atomic E-state index is -0.471. The molecular weight excluding hydrogens is 283 g/mol. The molecule has 0 aliphatic heterocycles. The van der Waals surface area contributed by atoms with Crippen LogP contribution in [0.3, 0.4) is 0 Å². The van der Waals surface area contributed by atoms with Gasteiger partial charge in [0.1, 0.15) is 5.82 Å². The Labute approximate surface area is 120 Å². The minimum absolute atomic E-state index is 0.0321. The summed E-state index contributed by atoms with van der Waals surface area (Å²) in [6, 6.07) is 9.18. The molecule has 0 atom stereocenters. The highest BCUT2D eigenvalue weighted by atomic mass is 35.5. The lowest BCUT2D eigenvalue weighted by molar-refractivity contribution is -0.384. The first-order valence-electron chi connectivity index (χ1n) is 5.89. The predicted octanol–water partition coefficient (Wildman–Crippen LogP) is 4.31. The molecule has 0 unspecified atom stereocenters. The van der Waals surface area contributed by atoms with Crippen LogP contribution in [0.2, 0.25) is 5.02 Å². The van der Waals surface area contributed by atoms with Crippen molar-refractivity contribution in [3.63, 3.8) is 0 Å². The summed E-state index contributed by atoms with van der Waals surface area (Å²) >= 11 is 5.70. The van der Waals surface area contributed by atoms with Crippen LogP contribution in [0.4, 0.5) is 15.8 Å². The lowest BCUT2D eigenvalue weighted by Gasteiger charge is -2.08.